The molecule has 2 aliphatic rings. The minimum Gasteiger partial charge on any atom is -0.257 e. The Bertz CT molecular complexity index is 526. The lowest BCUT2D eigenvalue weighted by Crippen LogP contribution is -2.33. The maximum absolute atomic E-state index is 4.69. The van der Waals surface area contributed by atoms with Crippen LogP contribution in [0.15, 0.2) is 40.6 Å². The standard InChI is InChI=1S/C13H13N3/c1-9-10(2)15-16-8-7-11-5-3-4-6-12(11)13(16)14-9/h3-9H,1-2H3. The number of hydrogen-bond donors (Lipinski definition) is 0. The van der Waals surface area contributed by atoms with E-state index < -0.39 is 0 Å². The highest BCUT2D eigenvalue weighted by atomic mass is 15.5. The van der Waals surface area contributed by atoms with Crippen molar-refractivity contribution in [3.63, 3.8) is 0 Å². The summed E-state index contributed by atoms with van der Waals surface area (Å²) in [6, 6.07) is 8.44. The Morgan fingerprint density at radius 2 is 2.06 bits per heavy atom. The molecule has 0 N–H and O–H groups in total. The molecule has 0 aromatic heterocycles. The molecule has 0 radical (unpaired) electrons. The molecule has 2 aliphatic heterocycles. The highest BCUT2D eigenvalue weighted by molar-refractivity contribution is 6.07. The highest BCUT2D eigenvalue weighted by Gasteiger charge is 2.23. The summed E-state index contributed by atoms with van der Waals surface area (Å²) < 4.78 is 0. The van der Waals surface area contributed by atoms with E-state index in [4.69, 9.17) is 0 Å². The van der Waals surface area contributed by atoms with Crippen molar-refractivity contribution >= 4 is 17.6 Å². The predicted octanol–water partition coefficient (Wildman–Crippen LogP) is 2.50. The third-order valence-electron chi connectivity index (χ3n) is 3.00. The van der Waals surface area contributed by atoms with Gasteiger partial charge in [0.2, 0.25) is 0 Å². The molecule has 16 heavy (non-hydrogen) atoms. The first-order valence-corrected chi connectivity index (χ1v) is 5.45. The molecule has 80 valence electrons. The number of rotatable bonds is 0. The molecule has 3 nitrogen and oxygen atoms in total. The molecule has 3 heteroatoms. The number of hydrazone groups is 1. The fourth-order valence-corrected chi connectivity index (χ4v) is 1.93. The first kappa shape index (κ1) is 9.33. The van der Waals surface area contributed by atoms with Crippen LogP contribution in [0.2, 0.25) is 0 Å². The zero-order valence-electron chi connectivity index (χ0n) is 9.38. The Balaban J connectivity index is 2.16. The second-order valence-corrected chi connectivity index (χ2v) is 4.12. The number of hydrogen-bond acceptors (Lipinski definition) is 3. The Morgan fingerprint density at radius 1 is 1.25 bits per heavy atom. The van der Waals surface area contributed by atoms with E-state index in [1.807, 2.05) is 30.3 Å². The number of aliphatic imine (C=N–C) groups is 1. The van der Waals surface area contributed by atoms with Gasteiger partial charge in [-0.2, -0.15) is 5.10 Å². The summed E-state index contributed by atoms with van der Waals surface area (Å²) in [6.45, 7) is 4.09. The molecule has 2 heterocycles. The van der Waals surface area contributed by atoms with Gasteiger partial charge in [0.15, 0.2) is 5.84 Å². The Kier molecular flexibility index (Phi) is 1.93. The van der Waals surface area contributed by atoms with Crippen molar-refractivity contribution in [2.45, 2.75) is 19.9 Å². The van der Waals surface area contributed by atoms with Gasteiger partial charge in [0.25, 0.3) is 0 Å². The van der Waals surface area contributed by atoms with E-state index in [-0.39, 0.29) is 6.04 Å². The molecular formula is C13H13N3. The molecule has 1 aromatic rings. The van der Waals surface area contributed by atoms with Gasteiger partial charge >= 0.3 is 0 Å². The molecular weight excluding hydrogens is 198 g/mol. The van der Waals surface area contributed by atoms with Crippen molar-refractivity contribution in [2.24, 2.45) is 10.1 Å². The summed E-state index contributed by atoms with van der Waals surface area (Å²) in [6.07, 6.45) is 4.04. The van der Waals surface area contributed by atoms with Crippen LogP contribution in [0.1, 0.15) is 25.0 Å². The Morgan fingerprint density at radius 3 is 2.94 bits per heavy atom. The van der Waals surface area contributed by atoms with Crippen LogP contribution in [-0.2, 0) is 0 Å². The van der Waals surface area contributed by atoms with E-state index in [1.54, 1.807) is 0 Å². The zero-order chi connectivity index (χ0) is 11.1. The Hall–Kier alpha value is -1.90. The van der Waals surface area contributed by atoms with Gasteiger partial charge in [-0.15, -0.1) is 0 Å². The van der Waals surface area contributed by atoms with Crippen molar-refractivity contribution in [1.82, 2.24) is 5.01 Å². The van der Waals surface area contributed by atoms with Crippen LogP contribution in [0, 0.1) is 0 Å². The number of nitrogens with zero attached hydrogens (tertiary/aromatic N) is 3. The minimum absolute atomic E-state index is 0.172. The van der Waals surface area contributed by atoms with Crippen molar-refractivity contribution in [1.29, 1.82) is 0 Å². The molecule has 1 aromatic carbocycles. The van der Waals surface area contributed by atoms with Gasteiger partial charge in [-0.1, -0.05) is 24.3 Å². The smallest absolute Gasteiger partial charge is 0.157 e. The third kappa shape index (κ3) is 1.28. The van der Waals surface area contributed by atoms with Gasteiger partial charge in [0.1, 0.15) is 0 Å². The molecule has 1 unspecified atom stereocenters. The first-order valence-electron chi connectivity index (χ1n) is 5.45. The lowest BCUT2D eigenvalue weighted by atomic mass is 10.0. The largest absolute Gasteiger partial charge is 0.257 e. The van der Waals surface area contributed by atoms with Crippen molar-refractivity contribution in [3.8, 4) is 0 Å². The highest BCUT2D eigenvalue weighted by Crippen LogP contribution is 2.23. The van der Waals surface area contributed by atoms with E-state index in [9.17, 15) is 0 Å². The van der Waals surface area contributed by atoms with Gasteiger partial charge in [-0.3, -0.25) is 4.99 Å². The fraction of sp³-hybridized carbons (Fsp3) is 0.231. The van der Waals surface area contributed by atoms with Crippen LogP contribution in [0.3, 0.4) is 0 Å². The second kappa shape index (κ2) is 3.30. The average Bonchev–Trinajstić information content (AvgIpc) is 2.31. The van der Waals surface area contributed by atoms with Crippen molar-refractivity contribution in [2.75, 3.05) is 0 Å². The van der Waals surface area contributed by atoms with E-state index in [1.165, 1.54) is 5.56 Å². The minimum atomic E-state index is 0.172. The molecule has 0 amide bonds. The Labute approximate surface area is 94.8 Å². The topological polar surface area (TPSA) is 28.0 Å². The van der Waals surface area contributed by atoms with Crippen LogP contribution in [0.4, 0.5) is 0 Å². The summed E-state index contributed by atoms with van der Waals surface area (Å²) in [7, 11) is 0. The predicted molar refractivity (Wildman–Crippen MR) is 66.4 cm³/mol. The van der Waals surface area contributed by atoms with Gasteiger partial charge in [-0.05, 0) is 25.5 Å². The van der Waals surface area contributed by atoms with Crippen LogP contribution >= 0.6 is 0 Å². The maximum Gasteiger partial charge on any atom is 0.157 e. The van der Waals surface area contributed by atoms with Gasteiger partial charge in [-0.25, -0.2) is 5.01 Å². The normalized spacial score (nSPS) is 22.1. The summed E-state index contributed by atoms with van der Waals surface area (Å²) in [5.41, 5.74) is 3.42. The quantitative estimate of drug-likeness (QED) is 0.648. The second-order valence-electron chi connectivity index (χ2n) is 4.12. The molecule has 0 bridgehead atoms. The van der Waals surface area contributed by atoms with E-state index in [0.717, 1.165) is 17.1 Å². The lowest BCUT2D eigenvalue weighted by Gasteiger charge is -2.28. The lowest BCUT2D eigenvalue weighted by molar-refractivity contribution is 0.575. The molecule has 0 spiro atoms. The van der Waals surface area contributed by atoms with Crippen LogP contribution in [0.25, 0.3) is 6.08 Å². The average molecular weight is 211 g/mol. The van der Waals surface area contributed by atoms with Crippen LogP contribution < -0.4 is 0 Å². The molecule has 3 rings (SSSR count). The number of benzene rings is 1. The SMILES string of the molecule is CC1=NN2C=Cc3ccccc3C2=NC1C. The third-order valence-corrected chi connectivity index (χ3v) is 3.00. The zero-order valence-corrected chi connectivity index (χ0v) is 9.38. The van der Waals surface area contributed by atoms with Crippen LogP contribution in [-0.4, -0.2) is 22.6 Å². The monoisotopic (exact) mass is 211 g/mol. The maximum atomic E-state index is 4.69. The number of fused-ring (bicyclic) bond motifs is 3. The van der Waals surface area contributed by atoms with Crippen LogP contribution in [0.5, 0.6) is 0 Å². The molecule has 0 aliphatic carbocycles. The van der Waals surface area contributed by atoms with E-state index in [2.05, 4.69) is 35.2 Å². The van der Waals surface area contributed by atoms with Crippen molar-refractivity contribution < 1.29 is 0 Å². The van der Waals surface area contributed by atoms with Crippen molar-refractivity contribution in [3.05, 3.63) is 41.6 Å². The summed E-state index contributed by atoms with van der Waals surface area (Å²) >= 11 is 0. The molecule has 1 atom stereocenters. The number of amidine groups is 1. The summed E-state index contributed by atoms with van der Waals surface area (Å²) in [5.74, 6) is 0.955. The molecule has 0 saturated carbocycles. The van der Waals surface area contributed by atoms with Gasteiger partial charge in [0, 0.05) is 11.8 Å². The van der Waals surface area contributed by atoms with E-state index in [0.29, 0.717) is 0 Å². The van der Waals surface area contributed by atoms with Gasteiger partial charge < -0.3 is 0 Å². The molecule has 0 saturated heterocycles. The summed E-state index contributed by atoms with van der Waals surface area (Å²) in [5, 5.41) is 6.38. The molecule has 0 fully saturated rings. The van der Waals surface area contributed by atoms with E-state index >= 15 is 0 Å². The van der Waals surface area contributed by atoms with Gasteiger partial charge in [0.05, 0.1) is 11.8 Å². The first-order chi connectivity index (χ1) is 7.75. The fourth-order valence-electron chi connectivity index (χ4n) is 1.93. The summed E-state index contributed by atoms with van der Waals surface area (Å²) in [4.78, 5) is 4.69.